The number of para-hydroxylation sites is 1. The zero-order chi connectivity index (χ0) is 18.9. The number of likely N-dealkylation sites (tertiary alicyclic amines) is 1. The summed E-state index contributed by atoms with van der Waals surface area (Å²) in [7, 11) is 4.07. The highest BCUT2D eigenvalue weighted by Crippen LogP contribution is 2.30. The SMILES string of the molecule is COC(=O)/C=C(/Nc1c(CCN2CCCC2)cccc1OC)C(=O)OC. The van der Waals surface area contributed by atoms with Crippen LogP contribution in [0.15, 0.2) is 30.0 Å². The van der Waals surface area contributed by atoms with E-state index in [1.165, 1.54) is 27.1 Å². The summed E-state index contributed by atoms with van der Waals surface area (Å²) in [5.74, 6) is -0.721. The highest BCUT2D eigenvalue weighted by molar-refractivity contribution is 5.99. The molecule has 2 rings (SSSR count). The standard InChI is InChI=1S/C19H26N2O5/c1-24-16-8-6-7-14(9-12-21-10-4-5-11-21)18(16)20-15(19(23)26-3)13-17(22)25-2/h6-8,13,20H,4-5,9-12H2,1-3H3/b15-13+. The fraction of sp³-hybridized carbons (Fsp3) is 0.474. The van der Waals surface area contributed by atoms with E-state index in [1.54, 1.807) is 13.2 Å². The van der Waals surface area contributed by atoms with Crippen molar-refractivity contribution < 1.29 is 23.8 Å². The number of benzene rings is 1. The molecule has 1 saturated heterocycles. The Morgan fingerprint density at radius 2 is 1.88 bits per heavy atom. The lowest BCUT2D eigenvalue weighted by atomic mass is 10.1. The summed E-state index contributed by atoms with van der Waals surface area (Å²) < 4.78 is 14.8. The van der Waals surface area contributed by atoms with E-state index in [-0.39, 0.29) is 5.70 Å². The van der Waals surface area contributed by atoms with Crippen LogP contribution in [0.1, 0.15) is 18.4 Å². The third-order valence-corrected chi connectivity index (χ3v) is 4.36. The normalized spacial score (nSPS) is 14.8. The van der Waals surface area contributed by atoms with E-state index >= 15 is 0 Å². The maximum absolute atomic E-state index is 12.0. The van der Waals surface area contributed by atoms with Crippen molar-refractivity contribution in [3.05, 3.63) is 35.5 Å². The number of nitrogens with zero attached hydrogens (tertiary/aromatic N) is 1. The number of methoxy groups -OCH3 is 3. The van der Waals surface area contributed by atoms with Gasteiger partial charge in [-0.05, 0) is 44.0 Å². The number of hydrogen-bond acceptors (Lipinski definition) is 7. The Bertz CT molecular complexity index is 666. The fourth-order valence-corrected chi connectivity index (χ4v) is 2.95. The molecule has 1 aliphatic rings. The van der Waals surface area contributed by atoms with E-state index in [0.717, 1.165) is 37.7 Å². The molecular formula is C19H26N2O5. The molecule has 1 fully saturated rings. The first-order valence-corrected chi connectivity index (χ1v) is 8.62. The second-order valence-electron chi connectivity index (χ2n) is 5.99. The van der Waals surface area contributed by atoms with Crippen molar-refractivity contribution in [2.75, 3.05) is 46.3 Å². The number of hydrogen-bond donors (Lipinski definition) is 1. The summed E-state index contributed by atoms with van der Waals surface area (Å²) in [6.45, 7) is 3.15. The predicted molar refractivity (Wildman–Crippen MR) is 98.1 cm³/mol. The first-order valence-electron chi connectivity index (χ1n) is 8.62. The molecule has 1 aromatic carbocycles. The summed E-state index contributed by atoms with van der Waals surface area (Å²) >= 11 is 0. The molecule has 26 heavy (non-hydrogen) atoms. The van der Waals surface area contributed by atoms with Gasteiger partial charge >= 0.3 is 11.9 Å². The van der Waals surface area contributed by atoms with E-state index in [1.807, 2.05) is 12.1 Å². The van der Waals surface area contributed by atoms with Gasteiger partial charge in [-0.2, -0.15) is 0 Å². The lowest BCUT2D eigenvalue weighted by Gasteiger charge is -2.19. The van der Waals surface area contributed by atoms with Gasteiger partial charge < -0.3 is 24.4 Å². The van der Waals surface area contributed by atoms with Gasteiger partial charge in [-0.15, -0.1) is 0 Å². The van der Waals surface area contributed by atoms with Crippen LogP contribution in [0, 0.1) is 0 Å². The molecule has 1 N–H and O–H groups in total. The van der Waals surface area contributed by atoms with Gasteiger partial charge in [0.2, 0.25) is 0 Å². The molecule has 1 aliphatic heterocycles. The van der Waals surface area contributed by atoms with Crippen LogP contribution in [0.25, 0.3) is 0 Å². The van der Waals surface area contributed by atoms with Gasteiger partial charge in [-0.25, -0.2) is 9.59 Å². The Balaban J connectivity index is 2.27. The smallest absolute Gasteiger partial charge is 0.354 e. The molecule has 0 saturated carbocycles. The molecule has 0 amide bonds. The molecule has 7 nitrogen and oxygen atoms in total. The molecule has 0 aliphatic carbocycles. The van der Waals surface area contributed by atoms with Crippen LogP contribution in [0.2, 0.25) is 0 Å². The molecule has 0 radical (unpaired) electrons. The van der Waals surface area contributed by atoms with Gasteiger partial charge in [-0.1, -0.05) is 12.1 Å². The molecule has 1 heterocycles. The largest absolute Gasteiger partial charge is 0.495 e. The molecule has 0 spiro atoms. The Labute approximate surface area is 153 Å². The minimum atomic E-state index is -0.660. The molecule has 0 atom stereocenters. The van der Waals surface area contributed by atoms with Crippen LogP contribution < -0.4 is 10.1 Å². The zero-order valence-electron chi connectivity index (χ0n) is 15.5. The average molecular weight is 362 g/mol. The van der Waals surface area contributed by atoms with Gasteiger partial charge in [0.1, 0.15) is 11.4 Å². The van der Waals surface area contributed by atoms with Crippen LogP contribution in [-0.4, -0.2) is 57.8 Å². The van der Waals surface area contributed by atoms with Crippen molar-refractivity contribution in [3.8, 4) is 5.75 Å². The van der Waals surface area contributed by atoms with Crippen molar-refractivity contribution in [2.45, 2.75) is 19.3 Å². The molecule has 0 bridgehead atoms. The number of carbonyl (C=O) groups is 2. The topological polar surface area (TPSA) is 77.1 Å². The quantitative estimate of drug-likeness (QED) is 0.560. The lowest BCUT2D eigenvalue weighted by molar-refractivity contribution is -0.138. The number of rotatable bonds is 8. The van der Waals surface area contributed by atoms with E-state index in [0.29, 0.717) is 11.4 Å². The van der Waals surface area contributed by atoms with E-state index in [9.17, 15) is 9.59 Å². The van der Waals surface area contributed by atoms with Crippen LogP contribution in [0.3, 0.4) is 0 Å². The Morgan fingerprint density at radius 1 is 1.15 bits per heavy atom. The fourth-order valence-electron chi connectivity index (χ4n) is 2.95. The average Bonchev–Trinajstić information content (AvgIpc) is 3.19. The van der Waals surface area contributed by atoms with Crippen LogP contribution in [0.5, 0.6) is 5.75 Å². The van der Waals surface area contributed by atoms with Crippen LogP contribution >= 0.6 is 0 Å². The summed E-state index contributed by atoms with van der Waals surface area (Å²) in [6, 6.07) is 5.69. The number of carbonyl (C=O) groups excluding carboxylic acids is 2. The van der Waals surface area contributed by atoms with Gasteiger partial charge in [0.25, 0.3) is 0 Å². The number of ether oxygens (including phenoxy) is 3. The number of nitrogens with one attached hydrogen (secondary N) is 1. The first kappa shape index (κ1) is 19.8. The second kappa shape index (κ2) is 9.82. The van der Waals surface area contributed by atoms with Crippen LogP contribution in [0.4, 0.5) is 5.69 Å². The number of esters is 2. The van der Waals surface area contributed by atoms with Crippen molar-refractivity contribution in [1.29, 1.82) is 0 Å². The lowest BCUT2D eigenvalue weighted by Crippen LogP contribution is -2.22. The van der Waals surface area contributed by atoms with Crippen LogP contribution in [-0.2, 0) is 25.5 Å². The van der Waals surface area contributed by atoms with Gasteiger partial charge in [0, 0.05) is 6.54 Å². The molecule has 0 aromatic heterocycles. The summed E-state index contributed by atoms with van der Waals surface area (Å²) in [6.07, 6.45) is 4.34. The van der Waals surface area contributed by atoms with Gasteiger partial charge in [0.05, 0.1) is 33.1 Å². The predicted octanol–water partition coefficient (Wildman–Crippen LogP) is 1.98. The monoisotopic (exact) mass is 362 g/mol. The second-order valence-corrected chi connectivity index (χ2v) is 5.99. The molecule has 0 unspecified atom stereocenters. The summed E-state index contributed by atoms with van der Waals surface area (Å²) in [5, 5.41) is 3.00. The Kier molecular flexibility index (Phi) is 7.47. The van der Waals surface area contributed by atoms with Crippen molar-refractivity contribution in [3.63, 3.8) is 0 Å². The highest BCUT2D eigenvalue weighted by Gasteiger charge is 2.18. The Hall–Kier alpha value is -2.54. The first-order chi connectivity index (χ1) is 12.6. The van der Waals surface area contributed by atoms with Gasteiger partial charge in [-0.3, -0.25) is 0 Å². The van der Waals surface area contributed by atoms with E-state index in [2.05, 4.69) is 15.0 Å². The molecule has 1 aromatic rings. The van der Waals surface area contributed by atoms with E-state index in [4.69, 9.17) is 9.47 Å². The summed E-state index contributed by atoms with van der Waals surface area (Å²) in [5.41, 5.74) is 1.64. The van der Waals surface area contributed by atoms with Gasteiger partial charge in [0.15, 0.2) is 0 Å². The summed E-state index contributed by atoms with van der Waals surface area (Å²) in [4.78, 5) is 26.0. The maximum atomic E-state index is 12.0. The third-order valence-electron chi connectivity index (χ3n) is 4.36. The zero-order valence-corrected chi connectivity index (χ0v) is 15.5. The van der Waals surface area contributed by atoms with Crippen molar-refractivity contribution in [2.24, 2.45) is 0 Å². The van der Waals surface area contributed by atoms with Crippen molar-refractivity contribution in [1.82, 2.24) is 4.90 Å². The Morgan fingerprint density at radius 3 is 2.50 bits per heavy atom. The van der Waals surface area contributed by atoms with Crippen molar-refractivity contribution >= 4 is 17.6 Å². The van der Waals surface area contributed by atoms with E-state index < -0.39 is 11.9 Å². The third kappa shape index (κ3) is 5.23. The minimum absolute atomic E-state index is 0.00808. The maximum Gasteiger partial charge on any atom is 0.354 e. The number of anilines is 1. The molecule has 142 valence electrons. The molecule has 7 heteroatoms. The molecular weight excluding hydrogens is 336 g/mol. The minimum Gasteiger partial charge on any atom is -0.495 e. The highest BCUT2D eigenvalue weighted by atomic mass is 16.5.